The molecule has 0 spiro atoms. The van der Waals surface area contributed by atoms with E-state index in [2.05, 4.69) is 24.3 Å². The Bertz CT molecular complexity index is 458. The van der Waals surface area contributed by atoms with Crippen molar-refractivity contribution in [2.45, 2.75) is 70.4 Å². The van der Waals surface area contributed by atoms with Crippen LogP contribution in [0.1, 0.15) is 64.1 Å². The minimum Gasteiger partial charge on any atom is -0.338 e. The Kier molecular flexibility index (Phi) is 2.92. The number of rotatable bonds is 4. The predicted octanol–water partition coefficient (Wildman–Crippen LogP) is 3.04. The third-order valence-corrected chi connectivity index (χ3v) is 5.64. The number of hydrogen-bond donors (Lipinski definition) is 1. The fourth-order valence-corrected chi connectivity index (χ4v) is 5.22. The van der Waals surface area contributed by atoms with Gasteiger partial charge in [0.1, 0.15) is 0 Å². The molecule has 4 saturated carbocycles. The summed E-state index contributed by atoms with van der Waals surface area (Å²) >= 11 is 0. The van der Waals surface area contributed by atoms with Gasteiger partial charge in [-0.1, -0.05) is 19.0 Å². The summed E-state index contributed by atoms with van der Waals surface area (Å²) < 4.78 is 5.48. The van der Waals surface area contributed by atoms with Crippen molar-refractivity contribution in [1.82, 2.24) is 15.5 Å². The second-order valence-electron chi connectivity index (χ2n) is 7.75. The average Bonchev–Trinajstić information content (AvgIpc) is 2.84. The Balaban J connectivity index is 1.55. The third kappa shape index (κ3) is 2.09. The van der Waals surface area contributed by atoms with Gasteiger partial charge in [-0.25, -0.2) is 0 Å². The van der Waals surface area contributed by atoms with E-state index in [1.54, 1.807) is 0 Å². The van der Waals surface area contributed by atoms with Crippen molar-refractivity contribution in [2.24, 2.45) is 17.8 Å². The summed E-state index contributed by atoms with van der Waals surface area (Å²) in [5.41, 5.74) is 0.258. The minimum absolute atomic E-state index is 0.258. The van der Waals surface area contributed by atoms with Gasteiger partial charge in [-0.3, -0.25) is 0 Å². The van der Waals surface area contributed by atoms with Gasteiger partial charge in [-0.05, 0) is 56.3 Å². The number of hydrogen-bond acceptors (Lipinski definition) is 4. The molecule has 4 fully saturated rings. The first-order valence-corrected chi connectivity index (χ1v) is 8.19. The van der Waals surface area contributed by atoms with Crippen LogP contribution in [0.4, 0.5) is 0 Å². The molecule has 1 aromatic rings. The fourth-order valence-electron chi connectivity index (χ4n) is 5.22. The maximum atomic E-state index is 5.48. The second kappa shape index (κ2) is 4.55. The molecular weight excluding hydrogens is 250 g/mol. The SMILES string of the molecule is CC(C)NCc1nc(C23CC4CC(CC(C4)C2)C3)no1. The highest BCUT2D eigenvalue weighted by Gasteiger charge is 2.53. The van der Waals surface area contributed by atoms with Crippen LogP contribution in [-0.2, 0) is 12.0 Å². The van der Waals surface area contributed by atoms with Crippen LogP contribution >= 0.6 is 0 Å². The van der Waals surface area contributed by atoms with Crippen LogP contribution in [0.5, 0.6) is 0 Å². The molecule has 1 aromatic heterocycles. The first-order chi connectivity index (χ1) is 9.63. The zero-order valence-corrected chi connectivity index (χ0v) is 12.6. The molecule has 0 amide bonds. The first kappa shape index (κ1) is 12.8. The Morgan fingerprint density at radius 1 is 1.15 bits per heavy atom. The van der Waals surface area contributed by atoms with E-state index in [1.165, 1.54) is 38.5 Å². The predicted molar refractivity (Wildman–Crippen MR) is 76.1 cm³/mol. The van der Waals surface area contributed by atoms with Crippen LogP contribution in [-0.4, -0.2) is 16.2 Å². The molecule has 0 aliphatic heterocycles. The van der Waals surface area contributed by atoms with Gasteiger partial charge in [0.2, 0.25) is 5.89 Å². The minimum atomic E-state index is 0.258. The zero-order valence-electron chi connectivity index (χ0n) is 12.6. The highest BCUT2D eigenvalue weighted by molar-refractivity contribution is 5.16. The Labute approximate surface area is 120 Å². The summed E-state index contributed by atoms with van der Waals surface area (Å²) in [5.74, 6) is 4.55. The lowest BCUT2D eigenvalue weighted by Crippen LogP contribution is -2.49. The molecule has 0 aromatic carbocycles. The van der Waals surface area contributed by atoms with E-state index in [1.807, 2.05) is 0 Å². The summed E-state index contributed by atoms with van der Waals surface area (Å²) in [4.78, 5) is 4.73. The summed E-state index contributed by atoms with van der Waals surface area (Å²) in [6.45, 7) is 4.96. The lowest BCUT2D eigenvalue weighted by molar-refractivity contribution is -0.0103. The van der Waals surface area contributed by atoms with E-state index in [0.717, 1.165) is 29.5 Å². The van der Waals surface area contributed by atoms with Crippen LogP contribution in [0.2, 0.25) is 0 Å². The molecule has 4 aliphatic carbocycles. The van der Waals surface area contributed by atoms with Crippen molar-refractivity contribution in [3.05, 3.63) is 11.7 Å². The van der Waals surface area contributed by atoms with Crippen LogP contribution in [0.3, 0.4) is 0 Å². The smallest absolute Gasteiger partial charge is 0.240 e. The highest BCUT2D eigenvalue weighted by atomic mass is 16.5. The number of aromatic nitrogens is 2. The van der Waals surface area contributed by atoms with Crippen molar-refractivity contribution in [3.63, 3.8) is 0 Å². The number of nitrogens with zero attached hydrogens (tertiary/aromatic N) is 2. The molecule has 1 N–H and O–H groups in total. The van der Waals surface area contributed by atoms with E-state index in [9.17, 15) is 0 Å². The molecular formula is C16H25N3O. The molecule has 0 unspecified atom stereocenters. The van der Waals surface area contributed by atoms with Gasteiger partial charge >= 0.3 is 0 Å². The van der Waals surface area contributed by atoms with E-state index in [4.69, 9.17) is 9.51 Å². The standard InChI is InChI=1S/C16H25N3O/c1-10(2)17-9-14-18-15(19-20-14)16-6-11-3-12(7-16)5-13(4-11)8-16/h10-13,17H,3-9H2,1-2H3. The average molecular weight is 275 g/mol. The Morgan fingerprint density at radius 2 is 1.75 bits per heavy atom. The molecule has 4 nitrogen and oxygen atoms in total. The van der Waals surface area contributed by atoms with Gasteiger partial charge < -0.3 is 9.84 Å². The fraction of sp³-hybridized carbons (Fsp3) is 0.875. The van der Waals surface area contributed by atoms with Crippen molar-refractivity contribution in [1.29, 1.82) is 0 Å². The molecule has 4 aliphatic rings. The summed E-state index contributed by atoms with van der Waals surface area (Å²) in [6, 6.07) is 0.449. The van der Waals surface area contributed by atoms with Crippen molar-refractivity contribution < 1.29 is 4.52 Å². The van der Waals surface area contributed by atoms with Crippen LogP contribution < -0.4 is 5.32 Å². The lowest BCUT2D eigenvalue weighted by atomic mass is 9.49. The summed E-state index contributed by atoms with van der Waals surface area (Å²) in [7, 11) is 0. The van der Waals surface area contributed by atoms with Gasteiger partial charge in [0.05, 0.1) is 6.54 Å². The van der Waals surface area contributed by atoms with Crippen molar-refractivity contribution in [2.75, 3.05) is 0 Å². The second-order valence-corrected chi connectivity index (χ2v) is 7.75. The van der Waals surface area contributed by atoms with Gasteiger partial charge in [-0.15, -0.1) is 0 Å². The molecule has 5 rings (SSSR count). The summed E-state index contributed by atoms with van der Waals surface area (Å²) in [6.07, 6.45) is 8.28. The molecule has 1 heterocycles. The zero-order chi connectivity index (χ0) is 13.7. The lowest BCUT2D eigenvalue weighted by Gasteiger charge is -2.55. The van der Waals surface area contributed by atoms with E-state index in [0.29, 0.717) is 12.6 Å². The Hall–Kier alpha value is -0.900. The maximum absolute atomic E-state index is 5.48. The first-order valence-electron chi connectivity index (χ1n) is 8.19. The molecule has 0 radical (unpaired) electrons. The molecule has 20 heavy (non-hydrogen) atoms. The topological polar surface area (TPSA) is 51.0 Å². The van der Waals surface area contributed by atoms with Crippen LogP contribution in [0.15, 0.2) is 4.52 Å². The van der Waals surface area contributed by atoms with Crippen LogP contribution in [0.25, 0.3) is 0 Å². The maximum Gasteiger partial charge on any atom is 0.240 e. The van der Waals surface area contributed by atoms with E-state index < -0.39 is 0 Å². The largest absolute Gasteiger partial charge is 0.338 e. The number of nitrogens with one attached hydrogen (secondary N) is 1. The van der Waals surface area contributed by atoms with Gasteiger partial charge in [0.25, 0.3) is 0 Å². The summed E-state index contributed by atoms with van der Waals surface area (Å²) in [5, 5.41) is 7.71. The van der Waals surface area contributed by atoms with Gasteiger partial charge in [-0.2, -0.15) is 4.98 Å². The molecule has 0 atom stereocenters. The monoisotopic (exact) mass is 275 g/mol. The molecule has 4 heteroatoms. The highest BCUT2D eigenvalue weighted by Crippen LogP contribution is 2.60. The van der Waals surface area contributed by atoms with E-state index in [-0.39, 0.29) is 5.41 Å². The normalized spacial score (nSPS) is 38.9. The molecule has 4 bridgehead atoms. The van der Waals surface area contributed by atoms with Gasteiger partial charge in [0, 0.05) is 11.5 Å². The quantitative estimate of drug-likeness (QED) is 0.917. The van der Waals surface area contributed by atoms with Crippen molar-refractivity contribution in [3.8, 4) is 0 Å². The molecule has 110 valence electrons. The van der Waals surface area contributed by atoms with Gasteiger partial charge in [0.15, 0.2) is 5.82 Å². The molecule has 0 saturated heterocycles. The van der Waals surface area contributed by atoms with E-state index >= 15 is 0 Å². The van der Waals surface area contributed by atoms with Crippen molar-refractivity contribution >= 4 is 0 Å². The van der Waals surface area contributed by atoms with Crippen LogP contribution in [0, 0.1) is 17.8 Å². The Morgan fingerprint density at radius 3 is 2.30 bits per heavy atom. The third-order valence-electron chi connectivity index (χ3n) is 5.64.